The Balaban J connectivity index is 1.81. The van der Waals surface area contributed by atoms with E-state index in [4.69, 9.17) is 0 Å². The average molecular weight is 317 g/mol. The molecule has 1 aliphatic rings. The minimum Gasteiger partial charge on any atom is -0.323 e. The summed E-state index contributed by atoms with van der Waals surface area (Å²) in [5, 5.41) is 15.4. The molecule has 0 unspecified atom stereocenters. The summed E-state index contributed by atoms with van der Waals surface area (Å²) in [6, 6.07) is 14.9. The van der Waals surface area contributed by atoms with Crippen molar-refractivity contribution in [1.82, 2.24) is 20.2 Å². The van der Waals surface area contributed by atoms with Crippen LogP contribution >= 0.6 is 0 Å². The highest BCUT2D eigenvalue weighted by atomic mass is 15.6. The zero-order valence-corrected chi connectivity index (χ0v) is 14.0. The predicted molar refractivity (Wildman–Crippen MR) is 94.7 cm³/mol. The molecule has 1 aromatic heterocycles. The van der Waals surface area contributed by atoms with E-state index in [0.29, 0.717) is 5.95 Å². The number of tetrazole rings is 1. The Hall–Kier alpha value is -2.95. The van der Waals surface area contributed by atoms with Crippen LogP contribution in [0.1, 0.15) is 33.9 Å². The van der Waals surface area contributed by atoms with E-state index in [9.17, 15) is 0 Å². The molecule has 0 saturated heterocycles. The lowest BCUT2D eigenvalue weighted by molar-refractivity contribution is 0.586. The lowest BCUT2D eigenvalue weighted by Gasteiger charge is -2.24. The first-order chi connectivity index (χ1) is 11.6. The number of nitrogens with one attached hydrogen (secondary N) is 1. The first-order valence-corrected chi connectivity index (χ1v) is 8.03. The molecular formula is C19H19N5. The maximum atomic E-state index is 4.15. The van der Waals surface area contributed by atoms with Gasteiger partial charge in [-0.3, -0.25) is 0 Å². The zero-order chi connectivity index (χ0) is 16.7. The largest absolute Gasteiger partial charge is 0.323 e. The van der Waals surface area contributed by atoms with E-state index in [1.165, 1.54) is 16.7 Å². The quantitative estimate of drug-likeness (QED) is 0.784. The fourth-order valence-corrected chi connectivity index (χ4v) is 2.93. The Kier molecular flexibility index (Phi) is 3.41. The van der Waals surface area contributed by atoms with Crippen LogP contribution in [0.5, 0.6) is 0 Å². The Morgan fingerprint density at radius 2 is 1.75 bits per heavy atom. The van der Waals surface area contributed by atoms with Gasteiger partial charge in [-0.2, -0.15) is 4.68 Å². The van der Waals surface area contributed by atoms with Crippen molar-refractivity contribution in [2.24, 2.45) is 0 Å². The summed E-state index contributed by atoms with van der Waals surface area (Å²) in [5.74, 6) is 0.663. The first-order valence-electron chi connectivity index (χ1n) is 8.03. The predicted octanol–water partition coefficient (Wildman–Crippen LogP) is 3.65. The van der Waals surface area contributed by atoms with Crippen LogP contribution < -0.4 is 5.32 Å². The molecule has 5 nitrogen and oxygen atoms in total. The summed E-state index contributed by atoms with van der Waals surface area (Å²) in [5.41, 5.74) is 7.14. The Morgan fingerprint density at radius 3 is 2.50 bits per heavy atom. The van der Waals surface area contributed by atoms with Crippen molar-refractivity contribution >= 4 is 11.6 Å². The van der Waals surface area contributed by atoms with Crippen LogP contribution in [0.3, 0.4) is 0 Å². The van der Waals surface area contributed by atoms with Gasteiger partial charge in [-0.15, -0.1) is 0 Å². The molecule has 24 heavy (non-hydrogen) atoms. The van der Waals surface area contributed by atoms with Crippen molar-refractivity contribution in [1.29, 1.82) is 0 Å². The second kappa shape index (κ2) is 5.60. The molecule has 0 fully saturated rings. The minimum absolute atomic E-state index is 0.0199. The number of fused-ring (bicyclic) bond motifs is 1. The molecule has 0 amide bonds. The fraction of sp³-hybridized carbons (Fsp3) is 0.211. The molecule has 2 aromatic carbocycles. The molecule has 5 heteroatoms. The van der Waals surface area contributed by atoms with Gasteiger partial charge in [0.1, 0.15) is 6.04 Å². The number of nitrogens with zero attached hydrogens (tertiary/aromatic N) is 4. The molecule has 0 saturated carbocycles. The fourth-order valence-electron chi connectivity index (χ4n) is 2.93. The molecule has 0 bridgehead atoms. The summed E-state index contributed by atoms with van der Waals surface area (Å²) in [4.78, 5) is 0. The number of anilines is 1. The van der Waals surface area contributed by atoms with E-state index < -0.39 is 0 Å². The van der Waals surface area contributed by atoms with Crippen molar-refractivity contribution < 1.29 is 0 Å². The SMILES string of the molecule is Cc1ccc([C@@H]2C=C(c3ccc(C)c(C)c3)Nc3nnnn32)cc1. The highest BCUT2D eigenvalue weighted by Crippen LogP contribution is 2.32. The second-order valence-corrected chi connectivity index (χ2v) is 6.31. The molecule has 3 aromatic rings. The molecule has 1 atom stereocenters. The number of hydrogen-bond donors (Lipinski definition) is 1. The molecule has 4 rings (SSSR count). The van der Waals surface area contributed by atoms with E-state index in [1.807, 2.05) is 4.68 Å². The summed E-state index contributed by atoms with van der Waals surface area (Å²) in [6.07, 6.45) is 2.18. The first kappa shape index (κ1) is 14.6. The van der Waals surface area contributed by atoms with Crippen LogP contribution in [0.4, 0.5) is 5.95 Å². The van der Waals surface area contributed by atoms with Crippen LogP contribution in [0.15, 0.2) is 48.5 Å². The molecule has 0 radical (unpaired) electrons. The van der Waals surface area contributed by atoms with Gasteiger partial charge < -0.3 is 5.32 Å². The van der Waals surface area contributed by atoms with Gasteiger partial charge in [-0.1, -0.05) is 47.1 Å². The summed E-state index contributed by atoms with van der Waals surface area (Å²) in [7, 11) is 0. The smallest absolute Gasteiger partial charge is 0.248 e. The molecule has 0 aliphatic carbocycles. The maximum Gasteiger partial charge on any atom is 0.248 e. The lowest BCUT2D eigenvalue weighted by atomic mass is 9.99. The van der Waals surface area contributed by atoms with Gasteiger partial charge >= 0.3 is 0 Å². The molecule has 1 N–H and O–H groups in total. The summed E-state index contributed by atoms with van der Waals surface area (Å²) in [6.45, 7) is 6.34. The monoisotopic (exact) mass is 317 g/mol. The van der Waals surface area contributed by atoms with Crippen LogP contribution in [-0.4, -0.2) is 20.2 Å². The van der Waals surface area contributed by atoms with E-state index in [-0.39, 0.29) is 6.04 Å². The molecule has 2 heterocycles. The van der Waals surface area contributed by atoms with Gasteiger partial charge in [0.15, 0.2) is 0 Å². The van der Waals surface area contributed by atoms with Gasteiger partial charge in [0.25, 0.3) is 0 Å². The van der Waals surface area contributed by atoms with Gasteiger partial charge in [-0.05, 0) is 65.6 Å². The van der Waals surface area contributed by atoms with Crippen molar-refractivity contribution in [2.75, 3.05) is 5.32 Å². The van der Waals surface area contributed by atoms with Crippen LogP contribution in [0.25, 0.3) is 5.70 Å². The standard InChI is InChI=1S/C19H19N5/c1-12-4-7-15(8-5-12)18-11-17(20-19-21-22-23-24(18)19)16-9-6-13(2)14(3)10-16/h4-11,18H,1-3H3,(H,20,21,23)/t18-/m0/s1. The minimum atomic E-state index is -0.0199. The highest BCUT2D eigenvalue weighted by molar-refractivity contribution is 5.77. The van der Waals surface area contributed by atoms with Crippen LogP contribution in [-0.2, 0) is 0 Å². The normalized spacial score (nSPS) is 16.3. The molecule has 0 spiro atoms. The molecule has 120 valence electrons. The van der Waals surface area contributed by atoms with Crippen molar-refractivity contribution in [3.63, 3.8) is 0 Å². The van der Waals surface area contributed by atoms with E-state index in [2.05, 4.69) is 90.2 Å². The van der Waals surface area contributed by atoms with Crippen molar-refractivity contribution in [2.45, 2.75) is 26.8 Å². The van der Waals surface area contributed by atoms with E-state index in [0.717, 1.165) is 16.8 Å². The Labute approximate surface area is 141 Å². The molecule has 1 aliphatic heterocycles. The number of allylic oxidation sites excluding steroid dienone is 1. The zero-order valence-electron chi connectivity index (χ0n) is 14.0. The number of rotatable bonds is 2. The number of benzene rings is 2. The van der Waals surface area contributed by atoms with E-state index >= 15 is 0 Å². The lowest BCUT2D eigenvalue weighted by Crippen LogP contribution is -2.20. The van der Waals surface area contributed by atoms with Gasteiger partial charge in [-0.25, -0.2) is 0 Å². The van der Waals surface area contributed by atoms with Crippen molar-refractivity contribution in [3.05, 3.63) is 76.4 Å². The van der Waals surface area contributed by atoms with Crippen LogP contribution in [0.2, 0.25) is 0 Å². The highest BCUT2D eigenvalue weighted by Gasteiger charge is 2.24. The third kappa shape index (κ3) is 2.48. The molecular weight excluding hydrogens is 298 g/mol. The summed E-state index contributed by atoms with van der Waals surface area (Å²) < 4.78 is 1.81. The number of aryl methyl sites for hydroxylation is 3. The third-order valence-corrected chi connectivity index (χ3v) is 4.56. The number of aromatic nitrogens is 4. The summed E-state index contributed by atoms with van der Waals surface area (Å²) >= 11 is 0. The third-order valence-electron chi connectivity index (χ3n) is 4.56. The van der Waals surface area contributed by atoms with Crippen LogP contribution in [0, 0.1) is 20.8 Å². The number of hydrogen-bond acceptors (Lipinski definition) is 4. The van der Waals surface area contributed by atoms with E-state index in [1.54, 1.807) is 0 Å². The second-order valence-electron chi connectivity index (χ2n) is 6.31. The topological polar surface area (TPSA) is 55.6 Å². The maximum absolute atomic E-state index is 4.15. The van der Waals surface area contributed by atoms with Gasteiger partial charge in [0.05, 0.1) is 0 Å². The van der Waals surface area contributed by atoms with Gasteiger partial charge in [0, 0.05) is 5.70 Å². The Morgan fingerprint density at radius 1 is 0.958 bits per heavy atom. The Bertz CT molecular complexity index is 921. The van der Waals surface area contributed by atoms with Gasteiger partial charge in [0.2, 0.25) is 5.95 Å². The van der Waals surface area contributed by atoms with Crippen molar-refractivity contribution in [3.8, 4) is 0 Å². The average Bonchev–Trinajstić information content (AvgIpc) is 3.06.